The zero-order chi connectivity index (χ0) is 16.0. The van der Waals surface area contributed by atoms with Gasteiger partial charge in [-0.2, -0.15) is 0 Å². The zero-order valence-electron chi connectivity index (χ0n) is 13.4. The molecule has 0 radical (unpaired) electrons. The van der Waals surface area contributed by atoms with Crippen LogP contribution in [0.25, 0.3) is 0 Å². The molecule has 22 heavy (non-hydrogen) atoms. The molecule has 3 atom stereocenters. The first-order valence-electron chi connectivity index (χ1n) is 8.02. The summed E-state index contributed by atoms with van der Waals surface area (Å²) >= 11 is 0. The number of hydrogen-bond acceptors (Lipinski definition) is 4. The molecule has 0 spiro atoms. The van der Waals surface area contributed by atoms with Gasteiger partial charge in [-0.1, -0.05) is 37.3 Å². The smallest absolute Gasteiger partial charge is 0.323 e. The lowest BCUT2D eigenvalue weighted by Gasteiger charge is -2.37. The SMILES string of the molecule is CCC(C)OP(=O)(O)C(Cc1ccccc1)N1CCNCC1. The normalized spacial score (nSPS) is 22.0. The quantitative estimate of drug-likeness (QED) is 0.754. The molecule has 1 aliphatic heterocycles. The first-order valence-corrected chi connectivity index (χ1v) is 9.67. The predicted octanol–water partition coefficient (Wildman–Crippen LogP) is 2.46. The number of piperazine rings is 1. The molecular formula is C16H27N2O3P. The van der Waals surface area contributed by atoms with E-state index in [0.717, 1.165) is 38.2 Å². The molecular weight excluding hydrogens is 299 g/mol. The van der Waals surface area contributed by atoms with Crippen LogP contribution in [0.5, 0.6) is 0 Å². The fourth-order valence-electron chi connectivity index (χ4n) is 2.66. The average molecular weight is 326 g/mol. The van der Waals surface area contributed by atoms with Crippen LogP contribution in [0, 0.1) is 0 Å². The third-order valence-corrected chi connectivity index (χ3v) is 6.04. The van der Waals surface area contributed by atoms with Crippen molar-refractivity contribution in [2.45, 2.75) is 38.6 Å². The van der Waals surface area contributed by atoms with Gasteiger partial charge in [-0.25, -0.2) is 0 Å². The molecule has 2 rings (SSSR count). The molecule has 5 nitrogen and oxygen atoms in total. The summed E-state index contributed by atoms with van der Waals surface area (Å²) in [6.07, 6.45) is 1.05. The van der Waals surface area contributed by atoms with E-state index >= 15 is 0 Å². The van der Waals surface area contributed by atoms with Gasteiger partial charge < -0.3 is 14.7 Å². The summed E-state index contributed by atoms with van der Waals surface area (Å²) in [7, 11) is -3.71. The number of nitrogens with one attached hydrogen (secondary N) is 1. The molecule has 2 N–H and O–H groups in total. The molecule has 124 valence electrons. The maximum Gasteiger partial charge on any atom is 0.345 e. The van der Waals surface area contributed by atoms with Gasteiger partial charge in [0.1, 0.15) is 5.78 Å². The molecule has 1 aliphatic rings. The van der Waals surface area contributed by atoms with Crippen LogP contribution < -0.4 is 5.32 Å². The summed E-state index contributed by atoms with van der Waals surface area (Å²) in [5.41, 5.74) is 1.06. The Bertz CT molecular complexity index is 491. The third-order valence-electron chi connectivity index (χ3n) is 4.12. The highest BCUT2D eigenvalue weighted by molar-refractivity contribution is 7.53. The summed E-state index contributed by atoms with van der Waals surface area (Å²) in [4.78, 5) is 12.7. The number of rotatable bonds is 7. The summed E-state index contributed by atoms with van der Waals surface area (Å²) < 4.78 is 18.4. The van der Waals surface area contributed by atoms with Crippen molar-refractivity contribution in [1.29, 1.82) is 0 Å². The topological polar surface area (TPSA) is 61.8 Å². The van der Waals surface area contributed by atoms with Gasteiger partial charge in [0.15, 0.2) is 0 Å². The van der Waals surface area contributed by atoms with E-state index in [-0.39, 0.29) is 6.10 Å². The van der Waals surface area contributed by atoms with Crippen LogP contribution in [-0.2, 0) is 15.5 Å². The summed E-state index contributed by atoms with van der Waals surface area (Å²) in [5, 5.41) is 3.28. The van der Waals surface area contributed by atoms with Crippen molar-refractivity contribution in [2.24, 2.45) is 0 Å². The van der Waals surface area contributed by atoms with Crippen molar-refractivity contribution in [3.63, 3.8) is 0 Å². The van der Waals surface area contributed by atoms with Crippen molar-refractivity contribution in [3.8, 4) is 0 Å². The maximum absolute atomic E-state index is 12.9. The van der Waals surface area contributed by atoms with E-state index in [1.54, 1.807) is 0 Å². The van der Waals surface area contributed by atoms with Gasteiger partial charge in [-0.3, -0.25) is 9.46 Å². The Morgan fingerprint density at radius 3 is 2.55 bits per heavy atom. The van der Waals surface area contributed by atoms with Gasteiger partial charge in [0, 0.05) is 26.2 Å². The maximum atomic E-state index is 12.9. The second-order valence-corrected chi connectivity index (χ2v) is 7.78. The molecule has 0 bridgehead atoms. The molecule has 1 aromatic carbocycles. The van der Waals surface area contributed by atoms with Crippen molar-refractivity contribution in [2.75, 3.05) is 26.2 Å². The van der Waals surface area contributed by atoms with E-state index in [2.05, 4.69) is 10.2 Å². The largest absolute Gasteiger partial charge is 0.345 e. The first kappa shape index (κ1) is 17.6. The van der Waals surface area contributed by atoms with Gasteiger partial charge in [0.25, 0.3) is 0 Å². The molecule has 1 heterocycles. The Labute approximate surface area is 133 Å². The van der Waals surface area contributed by atoms with Crippen LogP contribution >= 0.6 is 7.60 Å². The van der Waals surface area contributed by atoms with E-state index in [1.807, 2.05) is 44.2 Å². The van der Waals surface area contributed by atoms with Crippen LogP contribution in [0.4, 0.5) is 0 Å². The lowest BCUT2D eigenvalue weighted by Crippen LogP contribution is -2.49. The molecule has 6 heteroatoms. The van der Waals surface area contributed by atoms with E-state index in [0.29, 0.717) is 6.42 Å². The highest BCUT2D eigenvalue weighted by Crippen LogP contribution is 2.51. The Balaban J connectivity index is 2.18. The second-order valence-electron chi connectivity index (χ2n) is 5.84. The van der Waals surface area contributed by atoms with Crippen LogP contribution in [0.15, 0.2) is 30.3 Å². The molecule has 0 amide bonds. The van der Waals surface area contributed by atoms with Crippen molar-refractivity contribution in [1.82, 2.24) is 10.2 Å². The van der Waals surface area contributed by atoms with Crippen molar-refractivity contribution >= 4 is 7.60 Å². The standard InChI is InChI=1S/C16H27N2O3P/c1-3-14(2)21-22(19,20)16(18-11-9-17-10-12-18)13-15-7-5-4-6-8-15/h4-8,14,16-17H,3,9-13H2,1-2H3,(H,19,20). The Hall–Kier alpha value is -0.710. The molecule has 0 saturated carbocycles. The van der Waals surface area contributed by atoms with E-state index in [9.17, 15) is 9.46 Å². The fourth-order valence-corrected chi connectivity index (χ4v) is 4.55. The van der Waals surface area contributed by atoms with Gasteiger partial charge in [0.2, 0.25) is 0 Å². The predicted molar refractivity (Wildman–Crippen MR) is 89.0 cm³/mol. The molecule has 1 fully saturated rings. The summed E-state index contributed by atoms with van der Waals surface area (Å²) in [6.45, 7) is 7.03. The van der Waals surface area contributed by atoms with Crippen molar-refractivity contribution in [3.05, 3.63) is 35.9 Å². The molecule has 1 saturated heterocycles. The minimum atomic E-state index is -3.71. The Morgan fingerprint density at radius 2 is 1.95 bits per heavy atom. The number of benzene rings is 1. The second kappa shape index (κ2) is 8.23. The zero-order valence-corrected chi connectivity index (χ0v) is 14.3. The van der Waals surface area contributed by atoms with Crippen LogP contribution in [-0.4, -0.2) is 47.9 Å². The molecule has 0 aromatic heterocycles. The molecule has 0 aliphatic carbocycles. The van der Waals surface area contributed by atoms with Crippen LogP contribution in [0.3, 0.4) is 0 Å². The third kappa shape index (κ3) is 4.90. The monoisotopic (exact) mass is 326 g/mol. The lowest BCUT2D eigenvalue weighted by molar-refractivity contribution is 0.140. The van der Waals surface area contributed by atoms with Crippen LogP contribution in [0.2, 0.25) is 0 Å². The molecule has 1 aromatic rings. The average Bonchev–Trinajstić information content (AvgIpc) is 2.53. The summed E-state index contributed by atoms with van der Waals surface area (Å²) in [5.74, 6) is -0.481. The highest BCUT2D eigenvalue weighted by atomic mass is 31.2. The fraction of sp³-hybridized carbons (Fsp3) is 0.625. The van der Waals surface area contributed by atoms with E-state index in [1.165, 1.54) is 0 Å². The number of nitrogens with zero attached hydrogens (tertiary/aromatic N) is 1. The summed E-state index contributed by atoms with van der Waals surface area (Å²) in [6, 6.07) is 9.87. The van der Waals surface area contributed by atoms with Crippen molar-refractivity contribution < 1.29 is 14.0 Å². The Kier molecular flexibility index (Phi) is 6.60. The lowest BCUT2D eigenvalue weighted by atomic mass is 10.1. The highest BCUT2D eigenvalue weighted by Gasteiger charge is 2.38. The van der Waals surface area contributed by atoms with Gasteiger partial charge in [0.05, 0.1) is 6.10 Å². The number of hydrogen-bond donors (Lipinski definition) is 2. The minimum Gasteiger partial charge on any atom is -0.323 e. The first-order chi connectivity index (χ1) is 10.5. The van der Waals surface area contributed by atoms with E-state index in [4.69, 9.17) is 4.52 Å². The Morgan fingerprint density at radius 1 is 1.32 bits per heavy atom. The van der Waals surface area contributed by atoms with E-state index < -0.39 is 13.4 Å². The van der Waals surface area contributed by atoms with Gasteiger partial charge in [-0.15, -0.1) is 0 Å². The van der Waals surface area contributed by atoms with Gasteiger partial charge >= 0.3 is 7.60 Å². The minimum absolute atomic E-state index is 0.211. The van der Waals surface area contributed by atoms with Crippen LogP contribution in [0.1, 0.15) is 25.8 Å². The van der Waals surface area contributed by atoms with Gasteiger partial charge in [-0.05, 0) is 25.3 Å². The molecule has 3 unspecified atom stereocenters.